The number of aliphatic hydroxyl groups is 1. The smallest absolute Gasteiger partial charge is 0.334 e. The van der Waals surface area contributed by atoms with Crippen LogP contribution in [-0.4, -0.2) is 52.3 Å². The number of hydrogen-bond donors (Lipinski definition) is 3. The Hall–Kier alpha value is -1.30. The van der Waals surface area contributed by atoms with E-state index in [0.717, 1.165) is 12.8 Å². The van der Waals surface area contributed by atoms with Gasteiger partial charge in [-0.05, 0) is 25.7 Å². The number of aliphatic carboxylic acids is 1. The molecule has 0 aliphatic carbocycles. The van der Waals surface area contributed by atoms with E-state index in [9.17, 15) is 9.59 Å². The van der Waals surface area contributed by atoms with Crippen LogP contribution in [0.4, 0.5) is 4.79 Å². The number of piperidine rings is 1. The normalized spacial score (nSPS) is 26.4. The van der Waals surface area contributed by atoms with Crippen molar-refractivity contribution in [3.8, 4) is 0 Å². The van der Waals surface area contributed by atoms with E-state index >= 15 is 0 Å². The van der Waals surface area contributed by atoms with Gasteiger partial charge in [0.2, 0.25) is 0 Å². The van der Waals surface area contributed by atoms with E-state index in [1.54, 1.807) is 4.90 Å². The van der Waals surface area contributed by atoms with Gasteiger partial charge in [0.1, 0.15) is 0 Å². The number of carboxylic acid groups (broad SMARTS) is 1. The van der Waals surface area contributed by atoms with Gasteiger partial charge in [-0.15, -0.1) is 0 Å². The van der Waals surface area contributed by atoms with E-state index in [-0.39, 0.29) is 18.6 Å². The first-order chi connectivity index (χ1) is 7.91. The van der Waals surface area contributed by atoms with E-state index in [1.165, 1.54) is 0 Å². The average molecular weight is 244 g/mol. The van der Waals surface area contributed by atoms with Crippen molar-refractivity contribution in [2.24, 2.45) is 5.92 Å². The van der Waals surface area contributed by atoms with E-state index in [0.29, 0.717) is 12.5 Å². The summed E-state index contributed by atoms with van der Waals surface area (Å²) < 4.78 is 0. The molecule has 0 spiro atoms. The first-order valence-electron chi connectivity index (χ1n) is 5.87. The van der Waals surface area contributed by atoms with Gasteiger partial charge < -0.3 is 20.4 Å². The van der Waals surface area contributed by atoms with Crippen molar-refractivity contribution in [2.75, 3.05) is 13.1 Å². The summed E-state index contributed by atoms with van der Waals surface area (Å²) in [6.07, 6.45) is 0.509. The van der Waals surface area contributed by atoms with Crippen LogP contribution in [0.1, 0.15) is 26.7 Å². The third kappa shape index (κ3) is 3.89. The summed E-state index contributed by atoms with van der Waals surface area (Å²) in [5, 5.41) is 20.0. The van der Waals surface area contributed by atoms with Crippen molar-refractivity contribution in [1.82, 2.24) is 10.2 Å². The van der Waals surface area contributed by atoms with Gasteiger partial charge in [0.25, 0.3) is 0 Å². The number of aliphatic hydroxyl groups excluding tert-OH is 1. The standard InChI is InChI=1S/C11H20N2O4/c1-7-3-4-8(2)13(6-7)11(17)12-5-9(14)10(15)16/h7-9,14H,3-6H2,1-2H3,(H,12,17)(H,15,16)/t7?,8?,9-/m0/s1. The monoisotopic (exact) mass is 244 g/mol. The molecule has 1 saturated heterocycles. The molecule has 1 aliphatic heterocycles. The summed E-state index contributed by atoms with van der Waals surface area (Å²) in [6.45, 7) is 4.47. The maximum Gasteiger partial charge on any atom is 0.334 e. The third-order valence-electron chi connectivity index (χ3n) is 3.11. The lowest BCUT2D eigenvalue weighted by Crippen LogP contribution is -2.51. The number of carbonyl (C=O) groups is 2. The molecule has 3 N–H and O–H groups in total. The van der Waals surface area contributed by atoms with Crippen LogP contribution in [0, 0.1) is 5.92 Å². The summed E-state index contributed by atoms with van der Waals surface area (Å²) in [7, 11) is 0. The van der Waals surface area contributed by atoms with Crippen LogP contribution in [0.2, 0.25) is 0 Å². The van der Waals surface area contributed by atoms with Gasteiger partial charge in [0.05, 0.1) is 6.54 Å². The van der Waals surface area contributed by atoms with Crippen molar-refractivity contribution in [2.45, 2.75) is 38.8 Å². The van der Waals surface area contributed by atoms with Crippen LogP contribution in [-0.2, 0) is 4.79 Å². The molecule has 0 aromatic heterocycles. The number of likely N-dealkylation sites (tertiary alicyclic amines) is 1. The first-order valence-corrected chi connectivity index (χ1v) is 5.87. The number of carboxylic acids is 1. The molecule has 2 amide bonds. The summed E-state index contributed by atoms with van der Waals surface area (Å²) in [6, 6.07) is -0.141. The number of hydrogen-bond acceptors (Lipinski definition) is 3. The second-order valence-corrected chi connectivity index (χ2v) is 4.72. The molecule has 0 aromatic carbocycles. The molecule has 1 rings (SSSR count). The molecule has 0 bridgehead atoms. The van der Waals surface area contributed by atoms with Gasteiger partial charge in [-0.1, -0.05) is 6.92 Å². The Kier molecular flexibility index (Phi) is 4.74. The van der Waals surface area contributed by atoms with Crippen molar-refractivity contribution in [3.05, 3.63) is 0 Å². The second kappa shape index (κ2) is 5.86. The summed E-state index contributed by atoms with van der Waals surface area (Å²) in [5.41, 5.74) is 0. The number of rotatable bonds is 3. The lowest BCUT2D eigenvalue weighted by atomic mass is 9.95. The van der Waals surface area contributed by atoms with Crippen molar-refractivity contribution < 1.29 is 19.8 Å². The quantitative estimate of drug-likeness (QED) is 0.664. The number of amides is 2. The molecular formula is C11H20N2O4. The largest absolute Gasteiger partial charge is 0.479 e. The highest BCUT2D eigenvalue weighted by Crippen LogP contribution is 2.21. The van der Waals surface area contributed by atoms with Crippen LogP contribution in [0.5, 0.6) is 0 Å². The maximum atomic E-state index is 11.8. The predicted molar refractivity (Wildman–Crippen MR) is 61.6 cm³/mol. The Morgan fingerprint density at radius 1 is 1.41 bits per heavy atom. The fraction of sp³-hybridized carbons (Fsp3) is 0.818. The molecule has 6 heteroatoms. The van der Waals surface area contributed by atoms with Gasteiger partial charge in [0, 0.05) is 12.6 Å². The van der Waals surface area contributed by atoms with E-state index in [4.69, 9.17) is 10.2 Å². The molecule has 1 fully saturated rings. The van der Waals surface area contributed by atoms with Crippen molar-refractivity contribution >= 4 is 12.0 Å². The summed E-state index contributed by atoms with van der Waals surface area (Å²) in [5.74, 6) is -0.869. The molecule has 1 heterocycles. The van der Waals surface area contributed by atoms with Crippen LogP contribution in [0.25, 0.3) is 0 Å². The third-order valence-corrected chi connectivity index (χ3v) is 3.11. The Labute approximate surface area is 101 Å². The molecule has 1 aliphatic rings. The lowest BCUT2D eigenvalue weighted by molar-refractivity contribution is -0.146. The zero-order valence-electron chi connectivity index (χ0n) is 10.2. The molecule has 0 saturated carbocycles. The number of nitrogens with one attached hydrogen (secondary N) is 1. The molecule has 0 aromatic rings. The Morgan fingerprint density at radius 2 is 2.06 bits per heavy atom. The number of carbonyl (C=O) groups excluding carboxylic acids is 1. The van der Waals surface area contributed by atoms with Crippen LogP contribution in [0.3, 0.4) is 0 Å². The SMILES string of the molecule is CC1CCC(C)N(C(=O)NC[C@H](O)C(=O)O)C1. The molecule has 3 atom stereocenters. The minimum absolute atomic E-state index is 0.160. The van der Waals surface area contributed by atoms with Gasteiger partial charge in [-0.2, -0.15) is 0 Å². The maximum absolute atomic E-state index is 11.8. The summed E-state index contributed by atoms with van der Waals surface area (Å²) in [4.78, 5) is 23.9. The zero-order chi connectivity index (χ0) is 13.0. The Bertz CT molecular complexity index is 295. The minimum Gasteiger partial charge on any atom is -0.479 e. The van der Waals surface area contributed by atoms with Crippen LogP contribution < -0.4 is 5.32 Å². The lowest BCUT2D eigenvalue weighted by Gasteiger charge is -2.36. The molecule has 6 nitrogen and oxygen atoms in total. The van der Waals surface area contributed by atoms with E-state index in [2.05, 4.69) is 12.2 Å². The highest BCUT2D eigenvalue weighted by Gasteiger charge is 2.27. The van der Waals surface area contributed by atoms with Crippen LogP contribution >= 0.6 is 0 Å². The second-order valence-electron chi connectivity index (χ2n) is 4.72. The van der Waals surface area contributed by atoms with E-state index in [1.807, 2.05) is 6.92 Å². The zero-order valence-corrected chi connectivity index (χ0v) is 10.2. The van der Waals surface area contributed by atoms with Gasteiger partial charge in [-0.3, -0.25) is 0 Å². The fourth-order valence-electron chi connectivity index (χ4n) is 1.94. The minimum atomic E-state index is -1.54. The predicted octanol–water partition coefficient (Wildman–Crippen LogP) is 0.262. The van der Waals surface area contributed by atoms with E-state index < -0.39 is 12.1 Å². The van der Waals surface area contributed by atoms with Crippen LogP contribution in [0.15, 0.2) is 0 Å². The molecule has 0 radical (unpaired) electrons. The highest BCUT2D eigenvalue weighted by atomic mass is 16.4. The average Bonchev–Trinajstić information content (AvgIpc) is 2.28. The molecule has 2 unspecified atom stereocenters. The molecular weight excluding hydrogens is 224 g/mol. The number of nitrogens with zero attached hydrogens (tertiary/aromatic N) is 1. The highest BCUT2D eigenvalue weighted by molar-refractivity contribution is 5.77. The van der Waals surface area contributed by atoms with Gasteiger partial charge in [-0.25, -0.2) is 9.59 Å². The Morgan fingerprint density at radius 3 is 2.65 bits per heavy atom. The molecule has 17 heavy (non-hydrogen) atoms. The molecule has 98 valence electrons. The fourth-order valence-corrected chi connectivity index (χ4v) is 1.94. The van der Waals surface area contributed by atoms with Crippen molar-refractivity contribution in [1.29, 1.82) is 0 Å². The topological polar surface area (TPSA) is 89.9 Å². The van der Waals surface area contributed by atoms with Gasteiger partial charge >= 0.3 is 12.0 Å². The Balaban J connectivity index is 2.43. The summed E-state index contributed by atoms with van der Waals surface area (Å²) >= 11 is 0. The first kappa shape index (κ1) is 13.8. The van der Waals surface area contributed by atoms with Gasteiger partial charge in [0.15, 0.2) is 6.10 Å². The number of urea groups is 1. The van der Waals surface area contributed by atoms with Crippen molar-refractivity contribution in [3.63, 3.8) is 0 Å².